The number of urea groups is 1. The number of nitrogens with one attached hydrogen (secondary N) is 4. The number of alkyl halides is 6. The number of hydrogen-bond acceptors (Lipinski definition) is 3. The number of carbonyl (C=O) groups excluding carboxylic acids is 1. The lowest BCUT2D eigenvalue weighted by atomic mass is 10.3. The summed E-state index contributed by atoms with van der Waals surface area (Å²) in [6.07, 6.45) is -2.12. The average Bonchev–Trinajstić information content (AvgIpc) is 2.61. The lowest BCUT2D eigenvalue weighted by Crippen LogP contribution is -2.57. The number of amides is 2. The van der Waals surface area contributed by atoms with E-state index in [4.69, 9.17) is 69.6 Å². The van der Waals surface area contributed by atoms with E-state index in [0.29, 0.717) is 11.4 Å². The zero-order valence-electron chi connectivity index (χ0n) is 14.1. The largest absolute Gasteiger partial charge is 0.362 e. The zero-order valence-corrected chi connectivity index (χ0v) is 18.6. The molecule has 5 nitrogen and oxygen atoms in total. The second-order valence-electron chi connectivity index (χ2n) is 5.59. The van der Waals surface area contributed by atoms with Gasteiger partial charge in [0, 0.05) is 11.4 Å². The van der Waals surface area contributed by atoms with Gasteiger partial charge in [0.2, 0.25) is 7.59 Å². The van der Waals surface area contributed by atoms with E-state index in [1.54, 1.807) is 48.5 Å². The molecule has 2 aromatic rings. The van der Waals surface area contributed by atoms with Crippen LogP contribution in [0.25, 0.3) is 0 Å². The van der Waals surface area contributed by atoms with Crippen molar-refractivity contribution in [1.82, 2.24) is 10.6 Å². The third-order valence-corrected chi connectivity index (χ3v) is 4.68. The highest BCUT2D eigenvalue weighted by atomic mass is 35.6. The van der Waals surface area contributed by atoms with Gasteiger partial charge >= 0.3 is 6.03 Å². The molecule has 0 aliphatic heterocycles. The number of anilines is 2. The number of rotatable bonds is 6. The Labute approximate surface area is 192 Å². The SMILES string of the molecule is O=C(N[C@@H](Nc1ccccc1)C(Cl)(Cl)Cl)N[C@@H](Nc1ccccc1)C(Cl)(Cl)Cl. The summed E-state index contributed by atoms with van der Waals surface area (Å²) in [5, 5.41) is 10.9. The van der Waals surface area contributed by atoms with Crippen LogP contribution in [0.15, 0.2) is 60.7 Å². The Morgan fingerprint density at radius 1 is 0.643 bits per heavy atom. The molecular formula is C17H16Cl6N4O. The fourth-order valence-electron chi connectivity index (χ4n) is 2.11. The first-order chi connectivity index (χ1) is 13.1. The van der Waals surface area contributed by atoms with Crippen LogP contribution in [0.3, 0.4) is 0 Å². The molecule has 0 aliphatic rings. The summed E-state index contributed by atoms with van der Waals surface area (Å²) in [6.45, 7) is 0. The summed E-state index contributed by atoms with van der Waals surface area (Å²) in [5.74, 6) is 0. The molecule has 0 fully saturated rings. The molecule has 152 valence electrons. The minimum absolute atomic E-state index is 0.638. The Bertz CT molecular complexity index is 688. The molecule has 0 radical (unpaired) electrons. The van der Waals surface area contributed by atoms with Gasteiger partial charge in [-0.05, 0) is 24.3 Å². The van der Waals surface area contributed by atoms with Crippen molar-refractivity contribution in [3.05, 3.63) is 60.7 Å². The summed E-state index contributed by atoms with van der Waals surface area (Å²) in [7, 11) is 0. The Morgan fingerprint density at radius 2 is 0.964 bits per heavy atom. The minimum atomic E-state index is -1.85. The van der Waals surface area contributed by atoms with E-state index in [0.717, 1.165) is 0 Å². The topological polar surface area (TPSA) is 65.2 Å². The van der Waals surface area contributed by atoms with Gasteiger partial charge in [-0.25, -0.2) is 4.79 Å². The Morgan fingerprint density at radius 3 is 1.25 bits per heavy atom. The normalized spacial score (nSPS) is 13.9. The average molecular weight is 505 g/mol. The highest BCUT2D eigenvalue weighted by Crippen LogP contribution is 2.32. The highest BCUT2D eigenvalue weighted by Gasteiger charge is 2.37. The van der Waals surface area contributed by atoms with Crippen molar-refractivity contribution in [3.8, 4) is 0 Å². The van der Waals surface area contributed by atoms with Crippen LogP contribution in [0.2, 0.25) is 0 Å². The van der Waals surface area contributed by atoms with Crippen molar-refractivity contribution in [1.29, 1.82) is 0 Å². The van der Waals surface area contributed by atoms with E-state index in [-0.39, 0.29) is 0 Å². The molecule has 0 saturated heterocycles. The van der Waals surface area contributed by atoms with Crippen LogP contribution in [0, 0.1) is 0 Å². The van der Waals surface area contributed by atoms with Crippen molar-refractivity contribution in [2.75, 3.05) is 10.6 Å². The van der Waals surface area contributed by atoms with Gasteiger partial charge in [0.05, 0.1) is 0 Å². The molecule has 2 aromatic carbocycles. The molecule has 0 unspecified atom stereocenters. The molecule has 2 rings (SSSR count). The van der Waals surface area contributed by atoms with Crippen LogP contribution in [0.1, 0.15) is 0 Å². The maximum Gasteiger partial charge on any atom is 0.318 e. The fourth-order valence-corrected chi connectivity index (χ4v) is 2.76. The molecule has 11 heteroatoms. The quantitative estimate of drug-likeness (QED) is 0.292. The van der Waals surface area contributed by atoms with E-state index >= 15 is 0 Å². The standard InChI is InChI=1S/C17H16Cl6N4O/c18-16(19,20)13(24-11-7-3-1-4-8-11)26-15(28)27-14(17(21,22)23)25-12-9-5-2-6-10-12/h1-10,13-14,24-25H,(H2,26,27,28)/t13-,14-/m1/s1. The number of carbonyl (C=O) groups is 1. The van der Waals surface area contributed by atoms with Gasteiger partial charge in [-0.15, -0.1) is 0 Å². The van der Waals surface area contributed by atoms with Gasteiger partial charge in [-0.3, -0.25) is 0 Å². The molecule has 0 aliphatic carbocycles. The maximum absolute atomic E-state index is 12.5. The second-order valence-corrected chi connectivity index (χ2v) is 10.3. The summed E-state index contributed by atoms with van der Waals surface area (Å²) >= 11 is 35.9. The molecule has 4 N–H and O–H groups in total. The van der Waals surface area contributed by atoms with Gasteiger partial charge < -0.3 is 21.3 Å². The lowest BCUT2D eigenvalue weighted by Gasteiger charge is -2.31. The summed E-state index contributed by atoms with van der Waals surface area (Å²) in [5.41, 5.74) is 1.28. The monoisotopic (exact) mass is 502 g/mol. The van der Waals surface area contributed by atoms with E-state index in [9.17, 15) is 4.79 Å². The van der Waals surface area contributed by atoms with Crippen LogP contribution in [-0.4, -0.2) is 25.9 Å². The van der Waals surface area contributed by atoms with Crippen LogP contribution < -0.4 is 21.3 Å². The van der Waals surface area contributed by atoms with Gasteiger partial charge in [-0.1, -0.05) is 106 Å². The lowest BCUT2D eigenvalue weighted by molar-refractivity contribution is 0.235. The first kappa shape index (κ1) is 23.3. The van der Waals surface area contributed by atoms with Gasteiger partial charge in [0.15, 0.2) is 0 Å². The molecule has 28 heavy (non-hydrogen) atoms. The molecule has 2 atom stereocenters. The third kappa shape index (κ3) is 7.82. The molecule has 0 aromatic heterocycles. The number of para-hydroxylation sites is 2. The van der Waals surface area contributed by atoms with Crippen molar-refractivity contribution >= 4 is 87.0 Å². The summed E-state index contributed by atoms with van der Waals surface area (Å²) < 4.78 is -3.70. The molecule has 0 spiro atoms. The maximum atomic E-state index is 12.5. The zero-order chi connectivity index (χ0) is 20.8. The molecule has 0 saturated carbocycles. The number of hydrogen-bond donors (Lipinski definition) is 4. The third-order valence-electron chi connectivity index (χ3n) is 3.38. The molecule has 0 bridgehead atoms. The van der Waals surface area contributed by atoms with Crippen LogP contribution >= 0.6 is 69.6 Å². The Balaban J connectivity index is 2.08. The smallest absolute Gasteiger partial charge is 0.318 e. The Kier molecular flexibility index (Phi) is 8.49. The number of benzene rings is 2. The number of halogens is 6. The molecular weight excluding hydrogens is 489 g/mol. The van der Waals surface area contributed by atoms with Crippen molar-refractivity contribution in [3.63, 3.8) is 0 Å². The van der Waals surface area contributed by atoms with Crippen LogP contribution in [0.5, 0.6) is 0 Å². The molecule has 0 heterocycles. The van der Waals surface area contributed by atoms with E-state index < -0.39 is 25.9 Å². The fraction of sp³-hybridized carbons (Fsp3) is 0.235. The van der Waals surface area contributed by atoms with Crippen molar-refractivity contribution in [2.45, 2.75) is 19.9 Å². The summed E-state index contributed by atoms with van der Waals surface area (Å²) in [4.78, 5) is 12.5. The van der Waals surface area contributed by atoms with Gasteiger partial charge in [-0.2, -0.15) is 0 Å². The van der Waals surface area contributed by atoms with Crippen molar-refractivity contribution in [2.24, 2.45) is 0 Å². The first-order valence-corrected chi connectivity index (χ1v) is 10.2. The first-order valence-electron chi connectivity index (χ1n) is 7.89. The van der Waals surface area contributed by atoms with Gasteiger partial charge in [0.25, 0.3) is 0 Å². The van der Waals surface area contributed by atoms with Crippen LogP contribution in [0.4, 0.5) is 16.2 Å². The Hall–Kier alpha value is -0.950. The van der Waals surface area contributed by atoms with Crippen LogP contribution in [-0.2, 0) is 0 Å². The van der Waals surface area contributed by atoms with E-state index in [1.807, 2.05) is 12.1 Å². The predicted molar refractivity (Wildman–Crippen MR) is 120 cm³/mol. The summed E-state index contributed by atoms with van der Waals surface area (Å²) in [6, 6.07) is 17.1. The van der Waals surface area contributed by atoms with E-state index in [1.165, 1.54) is 0 Å². The van der Waals surface area contributed by atoms with E-state index in [2.05, 4.69) is 21.3 Å². The second kappa shape index (κ2) is 10.2. The predicted octanol–water partition coefficient (Wildman–Crippen LogP) is 5.90. The van der Waals surface area contributed by atoms with Crippen molar-refractivity contribution < 1.29 is 4.79 Å². The van der Waals surface area contributed by atoms with Gasteiger partial charge in [0.1, 0.15) is 12.3 Å². The highest BCUT2D eigenvalue weighted by molar-refractivity contribution is 6.68. The minimum Gasteiger partial charge on any atom is -0.362 e. The molecule has 2 amide bonds.